The quantitative estimate of drug-likeness (QED) is 0.589. The summed E-state index contributed by atoms with van der Waals surface area (Å²) in [6.45, 7) is 0. The Morgan fingerprint density at radius 1 is 1.36 bits per heavy atom. The van der Waals surface area contributed by atoms with Gasteiger partial charge in [-0.2, -0.15) is 0 Å². The van der Waals surface area contributed by atoms with Crippen molar-refractivity contribution in [2.75, 3.05) is 0 Å². The van der Waals surface area contributed by atoms with E-state index in [1.807, 2.05) is 4.98 Å². The van der Waals surface area contributed by atoms with Gasteiger partial charge in [-0.25, -0.2) is 4.79 Å². The van der Waals surface area contributed by atoms with Crippen LogP contribution in [0.5, 0.6) is 0 Å². The van der Waals surface area contributed by atoms with Gasteiger partial charge in [-0.3, -0.25) is 14.8 Å². The number of aromatic nitrogens is 2. The molecule has 1 heterocycles. The molecule has 5 heteroatoms. The van der Waals surface area contributed by atoms with Crippen molar-refractivity contribution in [1.29, 1.82) is 0 Å². The van der Waals surface area contributed by atoms with Crippen molar-refractivity contribution in [3.8, 4) is 12.3 Å². The first-order valence-corrected chi connectivity index (χ1v) is 3.43. The van der Waals surface area contributed by atoms with Crippen LogP contribution in [0.3, 0.4) is 0 Å². The summed E-state index contributed by atoms with van der Waals surface area (Å²) < 4.78 is 0.166. The van der Waals surface area contributed by atoms with Crippen molar-refractivity contribution in [2.45, 2.75) is 0 Å². The average molecular weight is 215 g/mol. The largest absolute Gasteiger partial charge is 0.326 e. The molecule has 0 saturated carbocycles. The van der Waals surface area contributed by atoms with E-state index < -0.39 is 11.2 Å². The third kappa shape index (κ3) is 1.41. The zero-order valence-corrected chi connectivity index (χ0v) is 6.86. The topological polar surface area (TPSA) is 65.7 Å². The Bertz CT molecular complexity index is 423. The van der Waals surface area contributed by atoms with E-state index in [0.717, 1.165) is 0 Å². The molecule has 4 nitrogen and oxygen atoms in total. The predicted molar refractivity (Wildman–Crippen MR) is 43.3 cm³/mol. The lowest BCUT2D eigenvalue weighted by Gasteiger charge is -1.91. The first-order valence-electron chi connectivity index (χ1n) is 2.64. The fourth-order valence-corrected chi connectivity index (χ4v) is 0.883. The van der Waals surface area contributed by atoms with Crippen LogP contribution in [0.1, 0.15) is 5.69 Å². The van der Waals surface area contributed by atoms with Gasteiger partial charge >= 0.3 is 5.69 Å². The first kappa shape index (κ1) is 7.82. The van der Waals surface area contributed by atoms with Crippen molar-refractivity contribution in [3.63, 3.8) is 0 Å². The van der Waals surface area contributed by atoms with E-state index in [1.165, 1.54) is 0 Å². The van der Waals surface area contributed by atoms with Gasteiger partial charge in [0.15, 0.2) is 0 Å². The van der Waals surface area contributed by atoms with Crippen LogP contribution in [-0.4, -0.2) is 9.97 Å². The zero-order chi connectivity index (χ0) is 8.43. The van der Waals surface area contributed by atoms with Gasteiger partial charge in [-0.05, 0) is 15.9 Å². The molecular weight excluding hydrogens is 212 g/mol. The molecule has 0 spiro atoms. The Kier molecular flexibility index (Phi) is 1.96. The molecule has 1 aromatic heterocycles. The standard InChI is InChI=1S/C6H3BrN2O2/c1-2-3-4(7)5(10)9-6(11)8-3/h1H,(H2,8,9,10,11). The smallest absolute Gasteiger partial charge is 0.299 e. The number of terminal acetylenes is 1. The average Bonchev–Trinajstić information content (AvgIpc) is 1.96. The van der Waals surface area contributed by atoms with Gasteiger partial charge in [-0.15, -0.1) is 6.42 Å². The Morgan fingerprint density at radius 3 is 2.55 bits per heavy atom. The second kappa shape index (κ2) is 2.76. The number of aromatic amines is 2. The molecule has 0 aliphatic rings. The molecule has 56 valence electrons. The van der Waals surface area contributed by atoms with Crippen LogP contribution in [-0.2, 0) is 0 Å². The molecule has 0 saturated heterocycles. The van der Waals surface area contributed by atoms with Crippen molar-refractivity contribution in [2.24, 2.45) is 0 Å². The lowest BCUT2D eigenvalue weighted by Crippen LogP contribution is -2.23. The maximum atomic E-state index is 10.8. The number of H-pyrrole nitrogens is 2. The van der Waals surface area contributed by atoms with Crippen LogP contribution < -0.4 is 11.2 Å². The third-order valence-corrected chi connectivity index (χ3v) is 1.79. The second-order valence-electron chi connectivity index (χ2n) is 1.74. The fraction of sp³-hybridized carbons (Fsp3) is 0. The van der Waals surface area contributed by atoms with Gasteiger partial charge in [-0.1, -0.05) is 5.92 Å². The van der Waals surface area contributed by atoms with Crippen LogP contribution in [0.4, 0.5) is 0 Å². The summed E-state index contributed by atoms with van der Waals surface area (Å²) in [5.74, 6) is 2.15. The minimum Gasteiger partial charge on any atom is -0.299 e. The third-order valence-electron chi connectivity index (χ3n) is 1.03. The van der Waals surface area contributed by atoms with E-state index in [0.29, 0.717) is 0 Å². The van der Waals surface area contributed by atoms with Crippen LogP contribution in [0, 0.1) is 12.3 Å². The molecule has 0 aliphatic heterocycles. The van der Waals surface area contributed by atoms with Crippen molar-refractivity contribution in [3.05, 3.63) is 31.0 Å². The number of rotatable bonds is 0. The fourth-order valence-electron chi connectivity index (χ4n) is 0.571. The van der Waals surface area contributed by atoms with E-state index in [-0.39, 0.29) is 10.2 Å². The molecule has 0 radical (unpaired) electrons. The maximum Gasteiger partial charge on any atom is 0.326 e. The van der Waals surface area contributed by atoms with E-state index in [2.05, 4.69) is 26.8 Å². The van der Waals surface area contributed by atoms with Crippen molar-refractivity contribution < 1.29 is 0 Å². The van der Waals surface area contributed by atoms with Crippen molar-refractivity contribution >= 4 is 15.9 Å². The van der Waals surface area contributed by atoms with Crippen LogP contribution in [0.15, 0.2) is 14.1 Å². The van der Waals surface area contributed by atoms with E-state index in [1.54, 1.807) is 0 Å². The molecule has 2 N–H and O–H groups in total. The number of halogens is 1. The minimum absolute atomic E-state index is 0.152. The summed E-state index contributed by atoms with van der Waals surface area (Å²) in [6.07, 6.45) is 4.99. The maximum absolute atomic E-state index is 10.8. The van der Waals surface area contributed by atoms with Gasteiger partial charge in [0.1, 0.15) is 10.2 Å². The lowest BCUT2D eigenvalue weighted by atomic mass is 10.4. The van der Waals surface area contributed by atoms with Gasteiger partial charge in [0.05, 0.1) is 0 Å². The first-order chi connectivity index (χ1) is 5.15. The molecule has 11 heavy (non-hydrogen) atoms. The Balaban J connectivity index is 3.66. The number of nitrogens with one attached hydrogen (secondary N) is 2. The van der Waals surface area contributed by atoms with E-state index in [4.69, 9.17) is 6.42 Å². The van der Waals surface area contributed by atoms with Gasteiger partial charge < -0.3 is 0 Å². The van der Waals surface area contributed by atoms with Crippen LogP contribution in [0.25, 0.3) is 0 Å². The zero-order valence-electron chi connectivity index (χ0n) is 5.27. The van der Waals surface area contributed by atoms with Gasteiger partial charge in [0.2, 0.25) is 0 Å². The summed E-state index contributed by atoms with van der Waals surface area (Å²) in [5.41, 5.74) is -0.980. The molecular formula is C6H3BrN2O2. The highest BCUT2D eigenvalue weighted by molar-refractivity contribution is 9.10. The second-order valence-corrected chi connectivity index (χ2v) is 2.53. The van der Waals surface area contributed by atoms with Crippen LogP contribution in [0.2, 0.25) is 0 Å². The highest BCUT2D eigenvalue weighted by Crippen LogP contribution is 2.03. The summed E-state index contributed by atoms with van der Waals surface area (Å²) in [5, 5.41) is 0. The normalized spacial score (nSPS) is 9.09. The SMILES string of the molecule is C#Cc1[nH]c(=O)[nH]c(=O)c1Br. The minimum atomic E-state index is -0.605. The number of hydrogen-bond acceptors (Lipinski definition) is 2. The summed E-state index contributed by atoms with van der Waals surface area (Å²) in [4.78, 5) is 25.7. The van der Waals surface area contributed by atoms with Crippen molar-refractivity contribution in [1.82, 2.24) is 9.97 Å². The van der Waals surface area contributed by atoms with E-state index in [9.17, 15) is 9.59 Å². The lowest BCUT2D eigenvalue weighted by molar-refractivity contribution is 1.01. The molecule has 0 fully saturated rings. The highest BCUT2D eigenvalue weighted by Gasteiger charge is 2.01. The molecule has 1 aromatic rings. The Hall–Kier alpha value is -1.28. The van der Waals surface area contributed by atoms with E-state index >= 15 is 0 Å². The number of hydrogen-bond donors (Lipinski definition) is 2. The van der Waals surface area contributed by atoms with Gasteiger partial charge in [0, 0.05) is 0 Å². The monoisotopic (exact) mass is 214 g/mol. The molecule has 0 amide bonds. The molecule has 0 unspecified atom stereocenters. The van der Waals surface area contributed by atoms with Crippen LogP contribution >= 0.6 is 15.9 Å². The predicted octanol–water partition coefficient (Wildman–Crippen LogP) is -0.193. The molecule has 1 rings (SSSR count). The van der Waals surface area contributed by atoms with Gasteiger partial charge in [0.25, 0.3) is 5.56 Å². The summed E-state index contributed by atoms with van der Waals surface area (Å²) in [6, 6.07) is 0. The summed E-state index contributed by atoms with van der Waals surface area (Å²) >= 11 is 2.92. The summed E-state index contributed by atoms with van der Waals surface area (Å²) in [7, 11) is 0. The molecule has 0 aliphatic carbocycles. The molecule has 0 atom stereocenters. The molecule has 0 aromatic carbocycles. The Morgan fingerprint density at radius 2 is 2.00 bits per heavy atom. The molecule has 0 bridgehead atoms. The highest BCUT2D eigenvalue weighted by atomic mass is 79.9. The Labute approximate surface area is 69.8 Å².